The van der Waals surface area contributed by atoms with Crippen LogP contribution < -0.4 is 0 Å². The van der Waals surface area contributed by atoms with Gasteiger partial charge in [-0.2, -0.15) is 0 Å². The lowest BCUT2D eigenvalue weighted by Gasteiger charge is -2.16. The summed E-state index contributed by atoms with van der Waals surface area (Å²) in [6, 6.07) is 3.65. The Bertz CT molecular complexity index is 742. The highest BCUT2D eigenvalue weighted by Crippen LogP contribution is 2.35. The molecular formula is C15H16Cl2N2O3. The van der Waals surface area contributed by atoms with Crippen molar-refractivity contribution < 1.29 is 15.0 Å². The van der Waals surface area contributed by atoms with E-state index in [0.29, 0.717) is 42.5 Å². The SMILES string of the molecule is O=C(O)N1CCc2c(n(CCO)c3cc(Cl)c(Cl)cc23)CC1. The van der Waals surface area contributed by atoms with Gasteiger partial charge >= 0.3 is 6.09 Å². The van der Waals surface area contributed by atoms with Crippen molar-refractivity contribution in [1.82, 2.24) is 9.47 Å². The summed E-state index contributed by atoms with van der Waals surface area (Å²) in [5.74, 6) is 0. The Balaban J connectivity index is 2.16. The predicted molar refractivity (Wildman–Crippen MR) is 86.0 cm³/mol. The predicted octanol–water partition coefficient (Wildman–Crippen LogP) is 3.02. The highest BCUT2D eigenvalue weighted by atomic mass is 35.5. The molecule has 0 saturated carbocycles. The third-order valence-electron chi connectivity index (χ3n) is 4.17. The summed E-state index contributed by atoms with van der Waals surface area (Å²) >= 11 is 12.3. The van der Waals surface area contributed by atoms with Gasteiger partial charge in [-0.3, -0.25) is 0 Å². The molecule has 22 heavy (non-hydrogen) atoms. The second-order valence-electron chi connectivity index (χ2n) is 5.35. The van der Waals surface area contributed by atoms with E-state index in [1.165, 1.54) is 4.90 Å². The van der Waals surface area contributed by atoms with Crippen molar-refractivity contribution in [3.8, 4) is 0 Å². The zero-order valence-corrected chi connectivity index (χ0v) is 13.4. The van der Waals surface area contributed by atoms with Gasteiger partial charge in [0.15, 0.2) is 0 Å². The lowest BCUT2D eigenvalue weighted by Crippen LogP contribution is -2.31. The van der Waals surface area contributed by atoms with Crippen molar-refractivity contribution >= 4 is 40.2 Å². The Labute approximate surface area is 137 Å². The first-order chi connectivity index (χ1) is 10.5. The van der Waals surface area contributed by atoms with Crippen LogP contribution in [0.5, 0.6) is 0 Å². The Morgan fingerprint density at radius 1 is 1.18 bits per heavy atom. The van der Waals surface area contributed by atoms with Gasteiger partial charge in [0.2, 0.25) is 0 Å². The van der Waals surface area contributed by atoms with E-state index < -0.39 is 6.09 Å². The van der Waals surface area contributed by atoms with Crippen LogP contribution in [0.25, 0.3) is 10.9 Å². The molecule has 1 aliphatic rings. The molecule has 1 aromatic carbocycles. The average molecular weight is 343 g/mol. The van der Waals surface area contributed by atoms with Crippen LogP contribution in [0.2, 0.25) is 10.0 Å². The van der Waals surface area contributed by atoms with Crippen LogP contribution in [0.1, 0.15) is 11.3 Å². The third kappa shape index (κ3) is 2.53. The molecule has 2 N–H and O–H groups in total. The van der Waals surface area contributed by atoms with Gasteiger partial charge in [-0.15, -0.1) is 0 Å². The molecular weight excluding hydrogens is 327 g/mol. The molecule has 5 nitrogen and oxygen atoms in total. The Morgan fingerprint density at radius 3 is 2.55 bits per heavy atom. The molecule has 0 atom stereocenters. The molecule has 0 radical (unpaired) electrons. The van der Waals surface area contributed by atoms with E-state index in [4.69, 9.17) is 23.2 Å². The summed E-state index contributed by atoms with van der Waals surface area (Å²) in [6.07, 6.45) is 0.351. The number of fused-ring (bicyclic) bond motifs is 3. The first-order valence-electron chi connectivity index (χ1n) is 7.10. The first kappa shape index (κ1) is 15.5. The smallest absolute Gasteiger partial charge is 0.407 e. The van der Waals surface area contributed by atoms with Crippen LogP contribution >= 0.6 is 23.2 Å². The number of carboxylic acid groups (broad SMARTS) is 1. The molecule has 1 aliphatic heterocycles. The number of benzene rings is 1. The quantitative estimate of drug-likeness (QED) is 0.881. The average Bonchev–Trinajstić information content (AvgIpc) is 2.64. The molecule has 118 valence electrons. The number of aliphatic hydroxyl groups excluding tert-OH is 1. The summed E-state index contributed by atoms with van der Waals surface area (Å²) < 4.78 is 2.03. The number of rotatable bonds is 2. The monoisotopic (exact) mass is 342 g/mol. The van der Waals surface area contributed by atoms with E-state index in [-0.39, 0.29) is 6.61 Å². The van der Waals surface area contributed by atoms with Gasteiger partial charge in [0.05, 0.1) is 22.2 Å². The number of hydrogen-bond acceptors (Lipinski definition) is 2. The fraction of sp³-hybridized carbons (Fsp3) is 0.400. The minimum Gasteiger partial charge on any atom is -0.465 e. The zero-order valence-electron chi connectivity index (χ0n) is 11.9. The number of carbonyl (C=O) groups is 1. The van der Waals surface area contributed by atoms with Gasteiger partial charge in [-0.1, -0.05) is 23.2 Å². The van der Waals surface area contributed by atoms with Gasteiger partial charge < -0.3 is 19.7 Å². The topological polar surface area (TPSA) is 65.7 Å². The van der Waals surface area contributed by atoms with Gasteiger partial charge in [0, 0.05) is 37.1 Å². The molecule has 0 spiro atoms. The molecule has 1 aromatic heterocycles. The molecule has 2 heterocycles. The highest BCUT2D eigenvalue weighted by Gasteiger charge is 2.24. The Kier molecular flexibility index (Phi) is 4.21. The minimum absolute atomic E-state index is 0.0130. The second kappa shape index (κ2) is 5.99. The van der Waals surface area contributed by atoms with E-state index in [0.717, 1.165) is 22.2 Å². The maximum Gasteiger partial charge on any atom is 0.407 e. The van der Waals surface area contributed by atoms with E-state index in [1.807, 2.05) is 16.7 Å². The van der Waals surface area contributed by atoms with Crippen molar-refractivity contribution in [2.24, 2.45) is 0 Å². The molecule has 7 heteroatoms. The largest absolute Gasteiger partial charge is 0.465 e. The molecule has 0 bridgehead atoms. The zero-order chi connectivity index (χ0) is 15.9. The Morgan fingerprint density at radius 2 is 1.86 bits per heavy atom. The summed E-state index contributed by atoms with van der Waals surface area (Å²) in [6.45, 7) is 1.38. The van der Waals surface area contributed by atoms with Crippen molar-refractivity contribution in [3.05, 3.63) is 33.4 Å². The van der Waals surface area contributed by atoms with Crippen LogP contribution in [-0.2, 0) is 19.4 Å². The third-order valence-corrected chi connectivity index (χ3v) is 4.90. The maximum absolute atomic E-state index is 11.2. The van der Waals surface area contributed by atoms with Crippen molar-refractivity contribution in [2.45, 2.75) is 19.4 Å². The van der Waals surface area contributed by atoms with E-state index in [1.54, 1.807) is 0 Å². The van der Waals surface area contributed by atoms with Crippen LogP contribution in [0.4, 0.5) is 4.79 Å². The number of halogens is 2. The molecule has 0 saturated heterocycles. The lowest BCUT2D eigenvalue weighted by molar-refractivity contribution is 0.147. The van der Waals surface area contributed by atoms with Crippen molar-refractivity contribution in [2.75, 3.05) is 19.7 Å². The normalized spacial score (nSPS) is 15.0. The minimum atomic E-state index is -0.899. The summed E-state index contributed by atoms with van der Waals surface area (Å²) in [5, 5.41) is 20.5. The van der Waals surface area contributed by atoms with E-state index in [2.05, 4.69) is 0 Å². The molecule has 0 fully saturated rings. The van der Waals surface area contributed by atoms with Crippen LogP contribution in [-0.4, -0.2) is 45.5 Å². The highest BCUT2D eigenvalue weighted by molar-refractivity contribution is 6.42. The summed E-state index contributed by atoms with van der Waals surface area (Å²) in [7, 11) is 0. The molecule has 1 amide bonds. The standard InChI is InChI=1S/C15H16Cl2N2O3/c16-11-7-10-9-1-3-18(15(21)22)4-2-13(9)19(5-6-20)14(10)8-12(11)17/h7-8,20H,1-6H2,(H,21,22). The fourth-order valence-corrected chi connectivity index (χ4v) is 3.50. The first-order valence-corrected chi connectivity index (χ1v) is 7.86. The number of aliphatic hydroxyl groups is 1. The molecule has 0 aliphatic carbocycles. The van der Waals surface area contributed by atoms with Gasteiger partial charge in [0.1, 0.15) is 0 Å². The molecule has 2 aromatic rings. The summed E-state index contributed by atoms with van der Waals surface area (Å²) in [5.41, 5.74) is 3.11. The van der Waals surface area contributed by atoms with Gasteiger partial charge in [-0.25, -0.2) is 4.79 Å². The number of hydrogen-bond donors (Lipinski definition) is 2. The van der Waals surface area contributed by atoms with Gasteiger partial charge in [-0.05, 0) is 24.1 Å². The molecule has 0 unspecified atom stereocenters. The maximum atomic E-state index is 11.2. The fourth-order valence-electron chi connectivity index (χ4n) is 3.18. The number of nitrogens with zero attached hydrogens (tertiary/aromatic N) is 2. The second-order valence-corrected chi connectivity index (χ2v) is 6.17. The van der Waals surface area contributed by atoms with Crippen LogP contribution in [0.15, 0.2) is 12.1 Å². The Hall–Kier alpha value is -1.43. The summed E-state index contributed by atoms with van der Waals surface area (Å²) in [4.78, 5) is 12.6. The molecule has 3 rings (SSSR count). The lowest BCUT2D eigenvalue weighted by atomic mass is 10.1. The van der Waals surface area contributed by atoms with Crippen molar-refractivity contribution in [1.29, 1.82) is 0 Å². The van der Waals surface area contributed by atoms with Gasteiger partial charge in [0.25, 0.3) is 0 Å². The van der Waals surface area contributed by atoms with E-state index in [9.17, 15) is 15.0 Å². The van der Waals surface area contributed by atoms with Crippen molar-refractivity contribution in [3.63, 3.8) is 0 Å². The number of aromatic nitrogens is 1. The van der Waals surface area contributed by atoms with Crippen LogP contribution in [0, 0.1) is 0 Å². The van der Waals surface area contributed by atoms with E-state index >= 15 is 0 Å². The van der Waals surface area contributed by atoms with Crippen LogP contribution in [0.3, 0.4) is 0 Å². The number of amides is 1.